The van der Waals surface area contributed by atoms with E-state index in [2.05, 4.69) is 10.1 Å². The highest BCUT2D eigenvalue weighted by atomic mass is 16.6. The lowest BCUT2D eigenvalue weighted by atomic mass is 10.2. The van der Waals surface area contributed by atoms with Crippen molar-refractivity contribution in [2.24, 2.45) is 0 Å². The van der Waals surface area contributed by atoms with E-state index in [0.717, 1.165) is 0 Å². The van der Waals surface area contributed by atoms with Gasteiger partial charge in [-0.1, -0.05) is 17.3 Å². The second kappa shape index (κ2) is 4.30. The average molecular weight is 235 g/mol. The van der Waals surface area contributed by atoms with E-state index in [1.807, 2.05) is 0 Å². The Bertz CT molecular complexity index is 550. The highest BCUT2D eigenvalue weighted by Gasteiger charge is 2.20. The fourth-order valence-corrected chi connectivity index (χ4v) is 1.34. The normalized spacial score (nSPS) is 12.4. The minimum Gasteiger partial charge on any atom is -0.384 e. The maximum absolute atomic E-state index is 10.8. The van der Waals surface area contributed by atoms with Crippen LogP contribution in [-0.4, -0.2) is 20.2 Å². The third-order valence-corrected chi connectivity index (χ3v) is 2.14. The molecule has 1 heterocycles. The molecule has 0 unspecified atom stereocenters. The molecule has 0 amide bonds. The summed E-state index contributed by atoms with van der Waals surface area (Å²) >= 11 is 0. The van der Waals surface area contributed by atoms with Gasteiger partial charge in [-0.15, -0.1) is 0 Å². The molecule has 2 aromatic rings. The molecule has 0 aliphatic carbocycles. The summed E-state index contributed by atoms with van der Waals surface area (Å²) in [7, 11) is 0. The van der Waals surface area contributed by atoms with Crippen LogP contribution in [-0.2, 0) is 0 Å². The van der Waals surface area contributed by atoms with Gasteiger partial charge in [-0.2, -0.15) is 4.98 Å². The Balaban J connectivity index is 2.49. The zero-order chi connectivity index (χ0) is 12.4. The molecular formula is C10H9N3O4. The molecule has 1 N–H and O–H groups in total. The molecule has 1 atom stereocenters. The number of para-hydroxylation sites is 1. The van der Waals surface area contributed by atoms with E-state index in [-0.39, 0.29) is 23.0 Å². The van der Waals surface area contributed by atoms with Crippen LogP contribution >= 0.6 is 0 Å². The number of aromatic nitrogens is 2. The van der Waals surface area contributed by atoms with Crippen LogP contribution in [0, 0.1) is 10.1 Å². The minimum absolute atomic E-state index is 0.0261. The van der Waals surface area contributed by atoms with E-state index in [1.54, 1.807) is 12.1 Å². The molecule has 0 aliphatic heterocycles. The Morgan fingerprint density at radius 2 is 2.18 bits per heavy atom. The lowest BCUT2D eigenvalue weighted by Gasteiger charge is -1.96. The fraction of sp³-hybridized carbons (Fsp3) is 0.200. The molecule has 88 valence electrons. The Morgan fingerprint density at radius 3 is 2.76 bits per heavy atom. The Labute approximate surface area is 95.9 Å². The van der Waals surface area contributed by atoms with Crippen LogP contribution in [0.15, 0.2) is 28.8 Å². The molecule has 0 radical (unpaired) electrons. The van der Waals surface area contributed by atoms with Gasteiger partial charge in [0.25, 0.3) is 11.6 Å². The number of nitro benzene ring substituents is 1. The molecule has 7 nitrogen and oxygen atoms in total. The highest BCUT2D eigenvalue weighted by Crippen LogP contribution is 2.27. The van der Waals surface area contributed by atoms with E-state index in [4.69, 9.17) is 4.52 Å². The van der Waals surface area contributed by atoms with E-state index >= 15 is 0 Å². The van der Waals surface area contributed by atoms with Crippen LogP contribution in [0.2, 0.25) is 0 Å². The molecule has 17 heavy (non-hydrogen) atoms. The first-order valence-corrected chi connectivity index (χ1v) is 4.85. The lowest BCUT2D eigenvalue weighted by molar-refractivity contribution is -0.384. The summed E-state index contributed by atoms with van der Waals surface area (Å²) in [6.45, 7) is 1.47. The van der Waals surface area contributed by atoms with Crippen molar-refractivity contribution in [3.8, 4) is 11.4 Å². The highest BCUT2D eigenvalue weighted by molar-refractivity contribution is 5.67. The van der Waals surface area contributed by atoms with Gasteiger partial charge in [0.05, 0.1) is 4.92 Å². The number of aliphatic hydroxyl groups is 1. The second-order valence-electron chi connectivity index (χ2n) is 3.41. The number of rotatable bonds is 3. The van der Waals surface area contributed by atoms with Crippen LogP contribution in [0.5, 0.6) is 0 Å². The summed E-state index contributed by atoms with van der Waals surface area (Å²) in [5, 5.41) is 23.6. The zero-order valence-corrected chi connectivity index (χ0v) is 8.90. The van der Waals surface area contributed by atoms with Crippen LogP contribution in [0.1, 0.15) is 18.9 Å². The Morgan fingerprint density at radius 1 is 1.47 bits per heavy atom. The van der Waals surface area contributed by atoms with E-state index in [9.17, 15) is 15.2 Å². The Kier molecular flexibility index (Phi) is 2.84. The summed E-state index contributed by atoms with van der Waals surface area (Å²) in [4.78, 5) is 14.2. The summed E-state index contributed by atoms with van der Waals surface area (Å²) in [5.41, 5.74) is 0.151. The molecule has 0 aliphatic rings. The number of hydrogen-bond acceptors (Lipinski definition) is 6. The van der Waals surface area contributed by atoms with Gasteiger partial charge in [0, 0.05) is 6.07 Å². The van der Waals surface area contributed by atoms with Crippen molar-refractivity contribution in [1.29, 1.82) is 0 Å². The van der Waals surface area contributed by atoms with E-state index in [1.165, 1.54) is 19.1 Å². The van der Waals surface area contributed by atoms with E-state index in [0.29, 0.717) is 0 Å². The maximum Gasteiger partial charge on any atom is 0.280 e. The molecule has 1 aromatic carbocycles. The standard InChI is InChI=1S/C10H9N3O4/c1-6(14)10-11-9(12-17-10)7-4-2-3-5-8(7)13(15)16/h2-6,14H,1H3/t6-/m0/s1. The molecule has 7 heteroatoms. The second-order valence-corrected chi connectivity index (χ2v) is 3.41. The first-order valence-electron chi connectivity index (χ1n) is 4.85. The number of hydrogen-bond donors (Lipinski definition) is 1. The summed E-state index contributed by atoms with van der Waals surface area (Å²) < 4.78 is 4.78. The monoisotopic (exact) mass is 235 g/mol. The molecule has 1 aromatic heterocycles. The SMILES string of the molecule is C[C@H](O)c1nc(-c2ccccc2[N+](=O)[O-])no1. The summed E-state index contributed by atoms with van der Waals surface area (Å²) in [6, 6.07) is 6.07. The predicted octanol–water partition coefficient (Wildman–Crippen LogP) is 1.70. The number of nitrogens with zero attached hydrogens (tertiary/aromatic N) is 3. The predicted molar refractivity (Wildman–Crippen MR) is 57.0 cm³/mol. The minimum atomic E-state index is -0.904. The Hall–Kier alpha value is -2.28. The molecule has 0 fully saturated rings. The van der Waals surface area contributed by atoms with Gasteiger partial charge in [0.15, 0.2) is 0 Å². The van der Waals surface area contributed by atoms with Crippen molar-refractivity contribution in [3.63, 3.8) is 0 Å². The number of benzene rings is 1. The van der Waals surface area contributed by atoms with Gasteiger partial charge in [0.1, 0.15) is 11.7 Å². The van der Waals surface area contributed by atoms with Crippen LogP contribution < -0.4 is 0 Å². The van der Waals surface area contributed by atoms with Gasteiger partial charge >= 0.3 is 0 Å². The van der Waals surface area contributed by atoms with Crippen molar-refractivity contribution >= 4 is 5.69 Å². The summed E-state index contributed by atoms with van der Waals surface area (Å²) in [5.74, 6) is 0.117. The molecule has 0 saturated heterocycles. The molecule has 0 saturated carbocycles. The van der Waals surface area contributed by atoms with Gasteiger partial charge in [-0.05, 0) is 13.0 Å². The lowest BCUT2D eigenvalue weighted by Crippen LogP contribution is -1.93. The van der Waals surface area contributed by atoms with Crippen LogP contribution in [0.25, 0.3) is 11.4 Å². The van der Waals surface area contributed by atoms with Crippen molar-refractivity contribution in [1.82, 2.24) is 10.1 Å². The average Bonchev–Trinajstić information content (AvgIpc) is 2.78. The van der Waals surface area contributed by atoms with E-state index < -0.39 is 11.0 Å². The van der Waals surface area contributed by atoms with Crippen molar-refractivity contribution in [3.05, 3.63) is 40.3 Å². The quantitative estimate of drug-likeness (QED) is 0.641. The van der Waals surface area contributed by atoms with Crippen LogP contribution in [0.4, 0.5) is 5.69 Å². The maximum atomic E-state index is 10.8. The van der Waals surface area contributed by atoms with Gasteiger partial charge in [0.2, 0.25) is 5.82 Å². The van der Waals surface area contributed by atoms with Crippen LogP contribution in [0.3, 0.4) is 0 Å². The summed E-state index contributed by atoms with van der Waals surface area (Å²) in [6.07, 6.45) is -0.904. The topological polar surface area (TPSA) is 102 Å². The third kappa shape index (κ3) is 2.13. The number of nitro groups is 1. The molecule has 0 spiro atoms. The number of aliphatic hydroxyl groups excluding tert-OH is 1. The smallest absolute Gasteiger partial charge is 0.280 e. The largest absolute Gasteiger partial charge is 0.384 e. The van der Waals surface area contributed by atoms with Gasteiger partial charge in [-0.3, -0.25) is 10.1 Å². The van der Waals surface area contributed by atoms with Crippen molar-refractivity contribution in [2.75, 3.05) is 0 Å². The van der Waals surface area contributed by atoms with Gasteiger partial charge in [-0.25, -0.2) is 0 Å². The molecular weight excluding hydrogens is 226 g/mol. The third-order valence-electron chi connectivity index (χ3n) is 2.14. The first-order chi connectivity index (χ1) is 8.09. The van der Waals surface area contributed by atoms with Gasteiger partial charge < -0.3 is 9.63 Å². The van der Waals surface area contributed by atoms with Crippen molar-refractivity contribution < 1.29 is 14.6 Å². The molecule has 0 bridgehead atoms. The first kappa shape index (κ1) is 11.2. The zero-order valence-electron chi connectivity index (χ0n) is 8.90. The van der Waals surface area contributed by atoms with Crippen molar-refractivity contribution in [2.45, 2.75) is 13.0 Å². The molecule has 2 rings (SSSR count). The fourth-order valence-electron chi connectivity index (χ4n) is 1.34.